The monoisotopic (exact) mass is 317 g/mol. The molecule has 3 aromatic rings. The van der Waals surface area contributed by atoms with Gasteiger partial charge in [-0.2, -0.15) is 10.1 Å². The number of fused-ring (bicyclic) bond motifs is 1. The summed E-state index contributed by atoms with van der Waals surface area (Å²) < 4.78 is 9.57. The van der Waals surface area contributed by atoms with Crippen molar-refractivity contribution < 1.29 is 4.74 Å². The zero-order chi connectivity index (χ0) is 15.1. The molecule has 0 bridgehead atoms. The van der Waals surface area contributed by atoms with Crippen LogP contribution in [0.4, 0.5) is 0 Å². The molecule has 1 aliphatic heterocycles. The molecular formula is C15H16ClN5O. The highest BCUT2D eigenvalue weighted by Gasteiger charge is 2.23. The smallest absolute Gasteiger partial charge is 0.224 e. The molecule has 6 nitrogen and oxygen atoms in total. The molecule has 114 valence electrons. The van der Waals surface area contributed by atoms with Crippen LogP contribution in [0.15, 0.2) is 24.7 Å². The van der Waals surface area contributed by atoms with Crippen LogP contribution in [0.1, 0.15) is 18.9 Å². The summed E-state index contributed by atoms with van der Waals surface area (Å²) in [6.45, 7) is 1.55. The first-order valence-corrected chi connectivity index (χ1v) is 7.70. The summed E-state index contributed by atoms with van der Waals surface area (Å²) in [7, 11) is 1.92. The van der Waals surface area contributed by atoms with Crippen LogP contribution >= 0.6 is 11.6 Å². The first-order chi connectivity index (χ1) is 10.7. The highest BCUT2D eigenvalue weighted by atomic mass is 35.5. The summed E-state index contributed by atoms with van der Waals surface area (Å²) >= 11 is 6.01. The van der Waals surface area contributed by atoms with Gasteiger partial charge in [-0.05, 0) is 30.5 Å². The standard InChI is InChI=1S/C15H16ClN5O/c1-20-9-11(8-18-20)13-6-10-7-17-15(16)19-14(10)21(13)12-2-4-22-5-3-12/h6-9,12H,2-5H2,1H3. The van der Waals surface area contributed by atoms with Gasteiger partial charge in [0.2, 0.25) is 5.28 Å². The third-order valence-electron chi connectivity index (χ3n) is 4.10. The lowest BCUT2D eigenvalue weighted by Gasteiger charge is -2.26. The Balaban J connectivity index is 1.94. The van der Waals surface area contributed by atoms with Crippen molar-refractivity contribution in [3.05, 3.63) is 29.9 Å². The molecule has 22 heavy (non-hydrogen) atoms. The molecule has 7 heteroatoms. The molecule has 4 heterocycles. The van der Waals surface area contributed by atoms with Gasteiger partial charge in [0.25, 0.3) is 0 Å². The Morgan fingerprint density at radius 2 is 2.09 bits per heavy atom. The van der Waals surface area contributed by atoms with E-state index in [2.05, 4.69) is 25.7 Å². The van der Waals surface area contributed by atoms with E-state index < -0.39 is 0 Å². The Morgan fingerprint density at radius 3 is 2.82 bits per heavy atom. The lowest BCUT2D eigenvalue weighted by atomic mass is 10.1. The first kappa shape index (κ1) is 13.7. The highest BCUT2D eigenvalue weighted by molar-refractivity contribution is 6.28. The SMILES string of the molecule is Cn1cc(-c2cc3cnc(Cl)nc3n2C2CCOCC2)cn1. The number of hydrogen-bond donors (Lipinski definition) is 0. The fourth-order valence-electron chi connectivity index (χ4n) is 3.08. The molecule has 1 saturated heterocycles. The van der Waals surface area contributed by atoms with Crippen molar-refractivity contribution >= 4 is 22.6 Å². The molecule has 0 N–H and O–H groups in total. The van der Waals surface area contributed by atoms with Crippen LogP contribution in [0.3, 0.4) is 0 Å². The lowest BCUT2D eigenvalue weighted by Crippen LogP contribution is -2.20. The fourth-order valence-corrected chi connectivity index (χ4v) is 3.20. The second-order valence-corrected chi connectivity index (χ2v) is 5.90. The fraction of sp³-hybridized carbons (Fsp3) is 0.400. The normalized spacial score (nSPS) is 16.5. The minimum absolute atomic E-state index is 0.275. The molecule has 0 radical (unpaired) electrons. The molecule has 1 aliphatic rings. The topological polar surface area (TPSA) is 57.8 Å². The Hall–Kier alpha value is -1.92. The summed E-state index contributed by atoms with van der Waals surface area (Å²) in [5.74, 6) is 0. The third-order valence-corrected chi connectivity index (χ3v) is 4.29. The van der Waals surface area contributed by atoms with Crippen LogP contribution in [0, 0.1) is 0 Å². The van der Waals surface area contributed by atoms with Crippen molar-refractivity contribution in [3.8, 4) is 11.3 Å². The second kappa shape index (κ2) is 5.37. The maximum atomic E-state index is 6.01. The van der Waals surface area contributed by atoms with Crippen LogP contribution in [0.25, 0.3) is 22.3 Å². The average molecular weight is 318 g/mol. The minimum atomic E-state index is 0.275. The van der Waals surface area contributed by atoms with Crippen molar-refractivity contribution in [1.82, 2.24) is 24.3 Å². The van der Waals surface area contributed by atoms with Gasteiger partial charge in [0, 0.05) is 49.6 Å². The zero-order valence-corrected chi connectivity index (χ0v) is 13.0. The van der Waals surface area contributed by atoms with E-state index in [1.807, 2.05) is 19.4 Å². The Labute approximate surface area is 132 Å². The maximum Gasteiger partial charge on any atom is 0.224 e. The summed E-state index contributed by atoms with van der Waals surface area (Å²) in [5, 5.41) is 5.55. The van der Waals surface area contributed by atoms with Crippen molar-refractivity contribution in [2.45, 2.75) is 18.9 Å². The van der Waals surface area contributed by atoms with E-state index in [9.17, 15) is 0 Å². The lowest BCUT2D eigenvalue weighted by molar-refractivity contribution is 0.0710. The van der Waals surface area contributed by atoms with Crippen molar-refractivity contribution in [1.29, 1.82) is 0 Å². The molecule has 1 fully saturated rings. The van der Waals surface area contributed by atoms with Crippen molar-refractivity contribution in [2.75, 3.05) is 13.2 Å². The number of halogens is 1. The van der Waals surface area contributed by atoms with E-state index in [1.54, 1.807) is 10.9 Å². The van der Waals surface area contributed by atoms with Gasteiger partial charge in [-0.15, -0.1) is 0 Å². The summed E-state index contributed by atoms with van der Waals surface area (Å²) in [4.78, 5) is 8.55. The van der Waals surface area contributed by atoms with Gasteiger partial charge in [0.05, 0.1) is 11.9 Å². The second-order valence-electron chi connectivity index (χ2n) is 5.56. The van der Waals surface area contributed by atoms with E-state index in [1.165, 1.54) is 0 Å². The van der Waals surface area contributed by atoms with Crippen LogP contribution in [0.5, 0.6) is 0 Å². The van der Waals surface area contributed by atoms with E-state index in [0.29, 0.717) is 6.04 Å². The Morgan fingerprint density at radius 1 is 1.27 bits per heavy atom. The largest absolute Gasteiger partial charge is 0.381 e. The van der Waals surface area contributed by atoms with E-state index >= 15 is 0 Å². The number of rotatable bonds is 2. The molecule has 0 unspecified atom stereocenters. The number of hydrogen-bond acceptors (Lipinski definition) is 4. The van der Waals surface area contributed by atoms with Crippen molar-refractivity contribution in [3.63, 3.8) is 0 Å². The summed E-state index contributed by atoms with van der Waals surface area (Å²) in [6, 6.07) is 2.46. The quantitative estimate of drug-likeness (QED) is 0.682. The molecule has 0 spiro atoms. The molecule has 0 atom stereocenters. The van der Waals surface area contributed by atoms with Gasteiger partial charge < -0.3 is 9.30 Å². The predicted octanol–water partition coefficient (Wildman–Crippen LogP) is 2.84. The number of aryl methyl sites for hydroxylation is 1. The Bertz CT molecular complexity index is 819. The number of aromatic nitrogens is 5. The molecular weight excluding hydrogens is 302 g/mol. The van der Waals surface area contributed by atoms with Crippen LogP contribution in [-0.2, 0) is 11.8 Å². The van der Waals surface area contributed by atoms with Gasteiger partial charge in [0.1, 0.15) is 5.65 Å². The van der Waals surface area contributed by atoms with Gasteiger partial charge in [-0.1, -0.05) is 0 Å². The summed E-state index contributed by atoms with van der Waals surface area (Å²) in [5.41, 5.74) is 3.06. The summed E-state index contributed by atoms with van der Waals surface area (Å²) in [6.07, 6.45) is 7.61. The first-order valence-electron chi connectivity index (χ1n) is 7.32. The minimum Gasteiger partial charge on any atom is -0.381 e. The molecule has 0 aromatic carbocycles. The molecule has 3 aromatic heterocycles. The van der Waals surface area contributed by atoms with E-state index in [0.717, 1.165) is 48.3 Å². The molecule has 0 aliphatic carbocycles. The van der Waals surface area contributed by atoms with Gasteiger partial charge in [-0.25, -0.2) is 4.98 Å². The Kier molecular flexibility index (Phi) is 3.35. The van der Waals surface area contributed by atoms with Crippen LogP contribution < -0.4 is 0 Å². The van der Waals surface area contributed by atoms with Gasteiger partial charge >= 0.3 is 0 Å². The van der Waals surface area contributed by atoms with Crippen molar-refractivity contribution in [2.24, 2.45) is 7.05 Å². The number of ether oxygens (including phenoxy) is 1. The molecule has 4 rings (SSSR count). The van der Waals surface area contributed by atoms with Gasteiger partial charge in [-0.3, -0.25) is 4.68 Å². The van der Waals surface area contributed by atoms with E-state index in [4.69, 9.17) is 16.3 Å². The van der Waals surface area contributed by atoms with E-state index in [-0.39, 0.29) is 5.28 Å². The molecule has 0 amide bonds. The van der Waals surface area contributed by atoms with Crippen LogP contribution in [-0.4, -0.2) is 37.5 Å². The highest BCUT2D eigenvalue weighted by Crippen LogP contribution is 2.34. The molecule has 0 saturated carbocycles. The average Bonchev–Trinajstić information content (AvgIpc) is 3.11. The predicted molar refractivity (Wildman–Crippen MR) is 83.8 cm³/mol. The number of nitrogens with zero attached hydrogens (tertiary/aromatic N) is 5. The zero-order valence-electron chi connectivity index (χ0n) is 12.2. The third kappa shape index (κ3) is 2.28. The van der Waals surface area contributed by atoms with Crippen LogP contribution in [0.2, 0.25) is 5.28 Å². The van der Waals surface area contributed by atoms with Gasteiger partial charge in [0.15, 0.2) is 0 Å². The maximum absolute atomic E-state index is 6.01.